The second kappa shape index (κ2) is 10.5. The lowest BCUT2D eigenvalue weighted by atomic mass is 9.89. The summed E-state index contributed by atoms with van der Waals surface area (Å²) in [6.45, 7) is 1.97. The van der Waals surface area contributed by atoms with E-state index in [1.807, 2.05) is 49.8 Å². The standard InChI is InChI=1S/C30H25F3N8O2/c1-29(2,30(31,32)33)25-12-26(39-43-25)38-27(42)10-18-4-6-19(7-5-18)23-14-37-41-17-20(21-13-36-40(3)16-21)11-22(28(23)41)24-15-34-8-9-35-24/h4-9,11-17H,10H2,1-3H3,(H,38,39,42). The lowest BCUT2D eigenvalue weighted by Gasteiger charge is -2.24. The zero-order valence-electron chi connectivity index (χ0n) is 23.3. The van der Waals surface area contributed by atoms with Crippen molar-refractivity contribution in [2.75, 3.05) is 5.32 Å². The van der Waals surface area contributed by atoms with Crippen LogP contribution >= 0.6 is 0 Å². The molecule has 0 bridgehead atoms. The van der Waals surface area contributed by atoms with Gasteiger partial charge in [0.25, 0.3) is 0 Å². The number of hydrogen-bond acceptors (Lipinski definition) is 7. The van der Waals surface area contributed by atoms with Crippen molar-refractivity contribution in [3.05, 3.63) is 91.1 Å². The van der Waals surface area contributed by atoms with Crippen molar-refractivity contribution in [3.63, 3.8) is 0 Å². The van der Waals surface area contributed by atoms with E-state index in [9.17, 15) is 18.0 Å². The van der Waals surface area contributed by atoms with E-state index in [-0.39, 0.29) is 18.0 Å². The van der Waals surface area contributed by atoms with Gasteiger partial charge in [-0.1, -0.05) is 29.4 Å². The Kier molecular flexibility index (Phi) is 6.79. The number of anilines is 1. The Morgan fingerprint density at radius 3 is 2.40 bits per heavy atom. The number of nitrogens with zero attached hydrogens (tertiary/aromatic N) is 7. The Morgan fingerprint density at radius 1 is 0.930 bits per heavy atom. The summed E-state index contributed by atoms with van der Waals surface area (Å²) >= 11 is 0. The van der Waals surface area contributed by atoms with Crippen LogP contribution < -0.4 is 5.32 Å². The van der Waals surface area contributed by atoms with Crippen molar-refractivity contribution < 1.29 is 22.5 Å². The summed E-state index contributed by atoms with van der Waals surface area (Å²) in [6.07, 6.45) is 7.80. The molecule has 1 amide bonds. The summed E-state index contributed by atoms with van der Waals surface area (Å²) in [5.41, 5.74) is 4.38. The maximum Gasteiger partial charge on any atom is 0.401 e. The molecule has 0 atom stereocenters. The molecule has 13 heteroatoms. The Bertz CT molecular complexity index is 1920. The van der Waals surface area contributed by atoms with Gasteiger partial charge in [0.2, 0.25) is 5.91 Å². The molecule has 6 aromatic rings. The summed E-state index contributed by atoms with van der Waals surface area (Å²) in [7, 11) is 1.86. The predicted octanol–water partition coefficient (Wildman–Crippen LogP) is 5.87. The highest BCUT2D eigenvalue weighted by Gasteiger charge is 2.51. The van der Waals surface area contributed by atoms with E-state index in [1.54, 1.807) is 40.2 Å². The minimum Gasteiger partial charge on any atom is -0.358 e. The minimum atomic E-state index is -4.53. The third kappa shape index (κ3) is 5.36. The van der Waals surface area contributed by atoms with E-state index < -0.39 is 17.5 Å². The lowest BCUT2D eigenvalue weighted by molar-refractivity contribution is -0.185. The van der Waals surface area contributed by atoms with Crippen molar-refractivity contribution in [1.29, 1.82) is 0 Å². The first-order chi connectivity index (χ1) is 20.5. The Labute approximate surface area is 243 Å². The number of fused-ring (bicyclic) bond motifs is 1. The first kappa shape index (κ1) is 27.8. The van der Waals surface area contributed by atoms with Crippen LogP contribution in [0.3, 0.4) is 0 Å². The van der Waals surface area contributed by atoms with Gasteiger partial charge in [0.05, 0.1) is 36.2 Å². The number of carbonyl (C=O) groups excluding carboxylic acids is 1. The zero-order chi connectivity index (χ0) is 30.4. The van der Waals surface area contributed by atoms with Gasteiger partial charge in [-0.2, -0.15) is 23.4 Å². The van der Waals surface area contributed by atoms with Crippen LogP contribution in [0.25, 0.3) is 39.0 Å². The van der Waals surface area contributed by atoms with E-state index in [0.717, 1.165) is 53.2 Å². The number of pyridine rings is 1. The largest absolute Gasteiger partial charge is 0.401 e. The number of hydrogen-bond donors (Lipinski definition) is 1. The second-order valence-corrected chi connectivity index (χ2v) is 10.6. The van der Waals surface area contributed by atoms with Crippen LogP contribution in [0, 0.1) is 0 Å². The van der Waals surface area contributed by atoms with Crippen LogP contribution in [0.1, 0.15) is 25.2 Å². The van der Waals surface area contributed by atoms with Crippen molar-refractivity contribution in [1.82, 2.24) is 34.5 Å². The van der Waals surface area contributed by atoms with Gasteiger partial charge in [0.15, 0.2) is 11.6 Å². The molecular formula is C30H25F3N8O2. The molecule has 1 aromatic carbocycles. The summed E-state index contributed by atoms with van der Waals surface area (Å²) in [6, 6.07) is 10.5. The molecule has 218 valence electrons. The second-order valence-electron chi connectivity index (χ2n) is 10.6. The number of rotatable bonds is 7. The Balaban J connectivity index is 1.25. The molecule has 0 saturated carbocycles. The van der Waals surface area contributed by atoms with Gasteiger partial charge in [0.1, 0.15) is 5.41 Å². The number of aromatic nitrogens is 7. The number of alkyl halides is 3. The molecular weight excluding hydrogens is 561 g/mol. The Morgan fingerprint density at radius 2 is 1.72 bits per heavy atom. The van der Waals surface area contributed by atoms with Crippen LogP contribution in [0.2, 0.25) is 0 Å². The van der Waals surface area contributed by atoms with Crippen molar-refractivity contribution in [3.8, 4) is 33.5 Å². The molecule has 6 rings (SSSR count). The number of benzene rings is 1. The van der Waals surface area contributed by atoms with E-state index in [1.165, 1.54) is 0 Å². The molecule has 5 aromatic heterocycles. The summed E-state index contributed by atoms with van der Waals surface area (Å²) < 4.78 is 48.3. The maximum absolute atomic E-state index is 13.3. The summed E-state index contributed by atoms with van der Waals surface area (Å²) in [4.78, 5) is 21.4. The number of amides is 1. The summed E-state index contributed by atoms with van der Waals surface area (Å²) in [5.74, 6) is -0.912. The molecule has 43 heavy (non-hydrogen) atoms. The van der Waals surface area contributed by atoms with Crippen molar-refractivity contribution in [2.45, 2.75) is 31.9 Å². The average Bonchev–Trinajstić information content (AvgIpc) is 3.73. The first-order valence-corrected chi connectivity index (χ1v) is 13.2. The van der Waals surface area contributed by atoms with Crippen LogP contribution in [0.15, 0.2) is 84.3 Å². The van der Waals surface area contributed by atoms with Gasteiger partial charge < -0.3 is 9.84 Å². The highest BCUT2D eigenvalue weighted by Crippen LogP contribution is 2.41. The molecule has 10 nitrogen and oxygen atoms in total. The SMILES string of the molecule is Cn1cc(-c2cc(-c3cnccn3)c3c(-c4ccc(CC(=O)Nc5cc(C(C)(C)C(F)(F)F)on5)cc4)cnn3c2)cn1. The number of halogens is 3. The van der Waals surface area contributed by atoms with E-state index in [2.05, 4.69) is 30.6 Å². The normalized spacial score (nSPS) is 12.1. The fraction of sp³-hybridized carbons (Fsp3) is 0.200. The molecule has 5 heterocycles. The molecule has 0 spiro atoms. The smallest absolute Gasteiger partial charge is 0.358 e. The molecule has 1 N–H and O–H groups in total. The van der Waals surface area contributed by atoms with Gasteiger partial charge in [0, 0.05) is 60.2 Å². The number of nitrogens with one attached hydrogen (secondary N) is 1. The van der Waals surface area contributed by atoms with Gasteiger partial charge in [-0.25, -0.2) is 4.52 Å². The van der Waals surface area contributed by atoms with E-state index >= 15 is 0 Å². The molecule has 0 aliphatic carbocycles. The maximum atomic E-state index is 13.3. The number of carbonyl (C=O) groups is 1. The quantitative estimate of drug-likeness (QED) is 0.249. The third-order valence-electron chi connectivity index (χ3n) is 7.22. The molecule has 0 radical (unpaired) electrons. The van der Waals surface area contributed by atoms with E-state index in [0.29, 0.717) is 11.3 Å². The molecule has 0 aliphatic rings. The van der Waals surface area contributed by atoms with Gasteiger partial charge in [-0.05, 0) is 31.0 Å². The van der Waals surface area contributed by atoms with Crippen LogP contribution in [0.5, 0.6) is 0 Å². The van der Waals surface area contributed by atoms with Crippen molar-refractivity contribution in [2.24, 2.45) is 7.05 Å². The number of aryl methyl sites for hydroxylation is 1. The highest BCUT2D eigenvalue weighted by molar-refractivity contribution is 5.94. The van der Waals surface area contributed by atoms with Crippen LogP contribution in [0.4, 0.5) is 19.0 Å². The molecule has 0 saturated heterocycles. The van der Waals surface area contributed by atoms with Gasteiger partial charge >= 0.3 is 6.18 Å². The predicted molar refractivity (Wildman–Crippen MR) is 152 cm³/mol. The van der Waals surface area contributed by atoms with E-state index in [4.69, 9.17) is 4.52 Å². The molecule has 0 aliphatic heterocycles. The fourth-order valence-electron chi connectivity index (χ4n) is 4.64. The fourth-order valence-corrected chi connectivity index (χ4v) is 4.64. The van der Waals surface area contributed by atoms with Gasteiger partial charge in [-0.15, -0.1) is 0 Å². The van der Waals surface area contributed by atoms with Crippen LogP contribution in [-0.4, -0.2) is 46.6 Å². The molecule has 0 fully saturated rings. The van der Waals surface area contributed by atoms with Crippen molar-refractivity contribution >= 4 is 17.2 Å². The third-order valence-corrected chi connectivity index (χ3v) is 7.22. The monoisotopic (exact) mass is 586 g/mol. The van der Waals surface area contributed by atoms with Gasteiger partial charge in [-0.3, -0.25) is 19.4 Å². The molecule has 0 unspecified atom stereocenters. The lowest BCUT2D eigenvalue weighted by Crippen LogP contribution is -2.35. The summed E-state index contributed by atoms with van der Waals surface area (Å²) in [5, 5.41) is 15.0. The highest BCUT2D eigenvalue weighted by atomic mass is 19.4. The minimum absolute atomic E-state index is 0.0147. The Hall–Kier alpha value is -5.33. The first-order valence-electron chi connectivity index (χ1n) is 13.2. The average molecular weight is 587 g/mol. The zero-order valence-corrected chi connectivity index (χ0v) is 23.3. The topological polar surface area (TPSA) is 116 Å². The van der Waals surface area contributed by atoms with Crippen LogP contribution in [-0.2, 0) is 23.7 Å².